The fourth-order valence-corrected chi connectivity index (χ4v) is 2.78. The molecule has 1 atom stereocenters. The summed E-state index contributed by atoms with van der Waals surface area (Å²) >= 11 is 0. The summed E-state index contributed by atoms with van der Waals surface area (Å²) in [5.74, 6) is 0.0676. The third kappa shape index (κ3) is 3.64. The molecule has 1 N–H and O–H groups in total. The van der Waals surface area contributed by atoms with E-state index >= 15 is 0 Å². The lowest BCUT2D eigenvalue weighted by atomic mass is 9.94. The van der Waals surface area contributed by atoms with Gasteiger partial charge in [0.1, 0.15) is 0 Å². The monoisotopic (exact) mass is 281 g/mol. The third-order valence-electron chi connectivity index (χ3n) is 4.08. The first-order valence-corrected chi connectivity index (χ1v) is 7.73. The number of likely N-dealkylation sites (tertiary alicyclic amines) is 2. The minimum absolute atomic E-state index is 0.0676. The molecule has 114 valence electrons. The standard InChI is InChI=1S/C15H27N3O2/c1-15(2,3)13(19)16-12-7-6-10-18(11-12)14(20)17-8-4-5-9-17/h12H,4-11H2,1-3H3,(H,16,19). The molecule has 3 amide bonds. The number of carbonyl (C=O) groups is 2. The Morgan fingerprint density at radius 3 is 2.20 bits per heavy atom. The average Bonchev–Trinajstić information content (AvgIpc) is 2.91. The van der Waals surface area contributed by atoms with Gasteiger partial charge in [0.05, 0.1) is 0 Å². The Morgan fingerprint density at radius 2 is 1.60 bits per heavy atom. The fraction of sp³-hybridized carbons (Fsp3) is 0.867. The minimum Gasteiger partial charge on any atom is -0.351 e. The average molecular weight is 281 g/mol. The zero-order valence-corrected chi connectivity index (χ0v) is 12.9. The molecule has 2 heterocycles. The zero-order valence-electron chi connectivity index (χ0n) is 12.9. The highest BCUT2D eigenvalue weighted by Gasteiger charge is 2.31. The zero-order chi connectivity index (χ0) is 14.8. The Bertz CT molecular complexity index is 370. The molecule has 2 aliphatic rings. The number of piperidine rings is 1. The maximum atomic E-state index is 12.4. The number of hydrogen-bond acceptors (Lipinski definition) is 2. The van der Waals surface area contributed by atoms with Crippen LogP contribution in [0.5, 0.6) is 0 Å². The molecule has 0 saturated carbocycles. The molecule has 0 aromatic heterocycles. The van der Waals surface area contributed by atoms with E-state index in [-0.39, 0.29) is 23.4 Å². The summed E-state index contributed by atoms with van der Waals surface area (Å²) in [4.78, 5) is 28.3. The molecule has 0 spiro atoms. The molecule has 0 radical (unpaired) electrons. The maximum Gasteiger partial charge on any atom is 0.320 e. The fourth-order valence-electron chi connectivity index (χ4n) is 2.78. The number of carbonyl (C=O) groups excluding carboxylic acids is 2. The maximum absolute atomic E-state index is 12.4. The molecule has 20 heavy (non-hydrogen) atoms. The number of rotatable bonds is 1. The molecule has 5 nitrogen and oxygen atoms in total. The van der Waals surface area contributed by atoms with E-state index in [0.717, 1.165) is 45.3 Å². The molecule has 0 aliphatic carbocycles. The van der Waals surface area contributed by atoms with E-state index in [0.29, 0.717) is 6.54 Å². The van der Waals surface area contributed by atoms with Crippen molar-refractivity contribution in [1.29, 1.82) is 0 Å². The van der Waals surface area contributed by atoms with Crippen molar-refractivity contribution >= 4 is 11.9 Å². The van der Waals surface area contributed by atoms with Crippen LogP contribution in [0.25, 0.3) is 0 Å². The summed E-state index contributed by atoms with van der Waals surface area (Å²) in [5.41, 5.74) is -0.374. The van der Waals surface area contributed by atoms with Crippen molar-refractivity contribution < 1.29 is 9.59 Å². The molecule has 0 bridgehead atoms. The molecule has 0 aromatic carbocycles. The summed E-state index contributed by atoms with van der Waals surface area (Å²) in [7, 11) is 0. The first kappa shape index (κ1) is 15.1. The Kier molecular flexibility index (Phi) is 4.55. The summed E-state index contributed by atoms with van der Waals surface area (Å²) in [6.07, 6.45) is 4.16. The molecule has 1 unspecified atom stereocenters. The first-order valence-electron chi connectivity index (χ1n) is 7.73. The lowest BCUT2D eigenvalue weighted by molar-refractivity contribution is -0.129. The van der Waals surface area contributed by atoms with Gasteiger partial charge < -0.3 is 15.1 Å². The van der Waals surface area contributed by atoms with Crippen LogP contribution in [-0.4, -0.2) is 54.0 Å². The van der Waals surface area contributed by atoms with E-state index in [1.165, 1.54) is 0 Å². The highest BCUT2D eigenvalue weighted by molar-refractivity contribution is 5.81. The number of nitrogens with one attached hydrogen (secondary N) is 1. The van der Waals surface area contributed by atoms with E-state index in [2.05, 4.69) is 5.32 Å². The smallest absolute Gasteiger partial charge is 0.320 e. The molecule has 0 aromatic rings. The second kappa shape index (κ2) is 6.02. The van der Waals surface area contributed by atoms with E-state index < -0.39 is 0 Å². The van der Waals surface area contributed by atoms with E-state index in [9.17, 15) is 9.59 Å². The normalized spacial score (nSPS) is 23.9. The van der Waals surface area contributed by atoms with Gasteiger partial charge in [0.15, 0.2) is 0 Å². The van der Waals surface area contributed by atoms with Crippen molar-refractivity contribution in [2.24, 2.45) is 5.41 Å². The van der Waals surface area contributed by atoms with Crippen LogP contribution in [0.3, 0.4) is 0 Å². The van der Waals surface area contributed by atoms with Gasteiger partial charge in [0.2, 0.25) is 5.91 Å². The molecule has 2 rings (SSSR count). The van der Waals surface area contributed by atoms with Crippen molar-refractivity contribution in [3.8, 4) is 0 Å². The Morgan fingerprint density at radius 1 is 1.00 bits per heavy atom. The largest absolute Gasteiger partial charge is 0.351 e. The highest BCUT2D eigenvalue weighted by atomic mass is 16.2. The predicted octanol–water partition coefficient (Wildman–Crippen LogP) is 1.83. The van der Waals surface area contributed by atoms with E-state index in [1.54, 1.807) is 0 Å². The highest BCUT2D eigenvalue weighted by Crippen LogP contribution is 2.18. The van der Waals surface area contributed by atoms with Crippen LogP contribution in [0, 0.1) is 5.41 Å². The van der Waals surface area contributed by atoms with Crippen molar-refractivity contribution in [2.45, 2.75) is 52.5 Å². The number of urea groups is 1. The quantitative estimate of drug-likeness (QED) is 0.797. The van der Waals surface area contributed by atoms with Crippen LogP contribution >= 0.6 is 0 Å². The summed E-state index contributed by atoms with van der Waals surface area (Å²) < 4.78 is 0. The van der Waals surface area contributed by atoms with Gasteiger partial charge in [-0.1, -0.05) is 20.8 Å². The van der Waals surface area contributed by atoms with Gasteiger partial charge in [-0.05, 0) is 25.7 Å². The Labute approximate surface area is 121 Å². The third-order valence-corrected chi connectivity index (χ3v) is 4.08. The van der Waals surface area contributed by atoms with Crippen molar-refractivity contribution in [1.82, 2.24) is 15.1 Å². The van der Waals surface area contributed by atoms with Gasteiger partial charge in [-0.2, -0.15) is 0 Å². The first-order chi connectivity index (χ1) is 9.38. The van der Waals surface area contributed by atoms with Gasteiger partial charge in [-0.15, -0.1) is 0 Å². The molecular formula is C15H27N3O2. The van der Waals surface area contributed by atoms with Crippen molar-refractivity contribution in [3.63, 3.8) is 0 Å². The summed E-state index contributed by atoms with van der Waals surface area (Å²) in [6.45, 7) is 8.98. The lowest BCUT2D eigenvalue weighted by Crippen LogP contribution is -2.54. The van der Waals surface area contributed by atoms with Gasteiger partial charge >= 0.3 is 6.03 Å². The summed E-state index contributed by atoms with van der Waals surface area (Å²) in [5, 5.41) is 3.08. The van der Waals surface area contributed by atoms with Crippen molar-refractivity contribution in [2.75, 3.05) is 26.2 Å². The number of amides is 3. The van der Waals surface area contributed by atoms with Gasteiger partial charge in [-0.25, -0.2) is 4.79 Å². The minimum atomic E-state index is -0.374. The van der Waals surface area contributed by atoms with Crippen molar-refractivity contribution in [3.05, 3.63) is 0 Å². The molecule has 2 aliphatic heterocycles. The predicted molar refractivity (Wildman–Crippen MR) is 78.4 cm³/mol. The topological polar surface area (TPSA) is 52.7 Å². The summed E-state index contributed by atoms with van der Waals surface area (Å²) in [6, 6.07) is 0.249. The van der Waals surface area contributed by atoms with Gasteiger partial charge in [0.25, 0.3) is 0 Å². The van der Waals surface area contributed by atoms with Crippen LogP contribution in [0.1, 0.15) is 46.5 Å². The van der Waals surface area contributed by atoms with E-state index in [1.807, 2.05) is 30.6 Å². The van der Waals surface area contributed by atoms with Gasteiger partial charge in [-0.3, -0.25) is 4.79 Å². The Hall–Kier alpha value is -1.26. The lowest BCUT2D eigenvalue weighted by Gasteiger charge is -2.36. The second-order valence-corrected chi connectivity index (χ2v) is 6.99. The molecular weight excluding hydrogens is 254 g/mol. The second-order valence-electron chi connectivity index (χ2n) is 6.99. The van der Waals surface area contributed by atoms with E-state index in [4.69, 9.17) is 0 Å². The Balaban J connectivity index is 1.88. The number of hydrogen-bond donors (Lipinski definition) is 1. The molecule has 5 heteroatoms. The molecule has 2 fully saturated rings. The van der Waals surface area contributed by atoms with Crippen LogP contribution in [0.2, 0.25) is 0 Å². The van der Waals surface area contributed by atoms with Crippen LogP contribution in [0.15, 0.2) is 0 Å². The van der Waals surface area contributed by atoms with Crippen LogP contribution in [-0.2, 0) is 4.79 Å². The molecule has 2 saturated heterocycles. The van der Waals surface area contributed by atoms with Crippen LogP contribution in [0.4, 0.5) is 4.79 Å². The van der Waals surface area contributed by atoms with Gasteiger partial charge in [0, 0.05) is 37.6 Å². The van der Waals surface area contributed by atoms with Crippen LogP contribution < -0.4 is 5.32 Å². The number of nitrogens with zero attached hydrogens (tertiary/aromatic N) is 2. The SMILES string of the molecule is CC(C)(C)C(=O)NC1CCCN(C(=O)N2CCCC2)C1.